The first-order chi connectivity index (χ1) is 8.13. The van der Waals surface area contributed by atoms with Crippen LogP contribution in [0.1, 0.15) is 18.1 Å². The number of ether oxygens (including phenoxy) is 1. The Morgan fingerprint density at radius 3 is 2.82 bits per heavy atom. The summed E-state index contributed by atoms with van der Waals surface area (Å²) in [6.07, 6.45) is 0. The molecule has 1 N–H and O–H groups in total. The van der Waals surface area contributed by atoms with E-state index in [1.165, 1.54) is 6.07 Å². The van der Waals surface area contributed by atoms with Gasteiger partial charge in [0.25, 0.3) is 0 Å². The largest absolute Gasteiger partial charge is 0.380 e. The van der Waals surface area contributed by atoms with Gasteiger partial charge in [0.2, 0.25) is 0 Å². The minimum Gasteiger partial charge on any atom is -0.380 e. The molecule has 0 radical (unpaired) electrons. The number of halogens is 1. The highest BCUT2D eigenvalue weighted by Gasteiger charge is 2.32. The Kier molecular flexibility index (Phi) is 3.41. The second-order valence-electron chi connectivity index (χ2n) is 4.83. The van der Waals surface area contributed by atoms with Gasteiger partial charge >= 0.3 is 0 Å². The fourth-order valence-corrected chi connectivity index (χ4v) is 1.81. The standard InChI is InChI=1S/C13H15FN2O/c1-13(8-17-9-13)7-16-6-11-3-2-10(5-15)4-12(11)14/h2-4,16H,6-9H2,1H3. The highest BCUT2D eigenvalue weighted by Crippen LogP contribution is 2.25. The summed E-state index contributed by atoms with van der Waals surface area (Å²) >= 11 is 0. The van der Waals surface area contributed by atoms with Crippen molar-refractivity contribution in [1.82, 2.24) is 5.32 Å². The molecule has 0 bridgehead atoms. The van der Waals surface area contributed by atoms with Crippen LogP contribution in [0, 0.1) is 22.6 Å². The molecule has 0 spiro atoms. The molecule has 1 saturated heterocycles. The van der Waals surface area contributed by atoms with Crippen molar-refractivity contribution in [2.45, 2.75) is 13.5 Å². The number of hydrogen-bond acceptors (Lipinski definition) is 3. The lowest BCUT2D eigenvalue weighted by Crippen LogP contribution is -2.47. The van der Waals surface area contributed by atoms with Crippen molar-refractivity contribution in [3.05, 3.63) is 35.1 Å². The smallest absolute Gasteiger partial charge is 0.129 e. The quantitative estimate of drug-likeness (QED) is 0.864. The Morgan fingerprint density at radius 1 is 1.53 bits per heavy atom. The summed E-state index contributed by atoms with van der Waals surface area (Å²) in [5.41, 5.74) is 1.13. The third-order valence-corrected chi connectivity index (χ3v) is 2.95. The molecule has 17 heavy (non-hydrogen) atoms. The van der Waals surface area contributed by atoms with Gasteiger partial charge in [-0.05, 0) is 12.1 Å². The van der Waals surface area contributed by atoms with Gasteiger partial charge in [0.05, 0.1) is 24.8 Å². The van der Waals surface area contributed by atoms with Crippen molar-refractivity contribution < 1.29 is 9.13 Å². The van der Waals surface area contributed by atoms with Gasteiger partial charge < -0.3 is 10.1 Å². The molecule has 1 fully saturated rings. The van der Waals surface area contributed by atoms with Crippen LogP contribution < -0.4 is 5.32 Å². The van der Waals surface area contributed by atoms with Crippen LogP contribution in [0.25, 0.3) is 0 Å². The predicted molar refractivity (Wildman–Crippen MR) is 61.7 cm³/mol. The molecule has 1 heterocycles. The zero-order chi connectivity index (χ0) is 12.3. The molecule has 1 aromatic carbocycles. The lowest BCUT2D eigenvalue weighted by Gasteiger charge is -2.38. The third-order valence-electron chi connectivity index (χ3n) is 2.95. The summed E-state index contributed by atoms with van der Waals surface area (Å²) in [4.78, 5) is 0. The van der Waals surface area contributed by atoms with Crippen molar-refractivity contribution in [3.63, 3.8) is 0 Å². The molecule has 0 unspecified atom stereocenters. The Balaban J connectivity index is 1.89. The van der Waals surface area contributed by atoms with Gasteiger partial charge in [-0.15, -0.1) is 0 Å². The highest BCUT2D eigenvalue weighted by molar-refractivity contribution is 5.32. The first-order valence-corrected chi connectivity index (χ1v) is 5.60. The van der Waals surface area contributed by atoms with Crippen molar-refractivity contribution in [3.8, 4) is 6.07 Å². The Labute approximate surface area is 100 Å². The molecule has 0 aromatic heterocycles. The molecule has 2 rings (SSSR count). The molecule has 1 aliphatic heterocycles. The molecular weight excluding hydrogens is 219 g/mol. The fourth-order valence-electron chi connectivity index (χ4n) is 1.81. The van der Waals surface area contributed by atoms with Crippen LogP contribution in [0.3, 0.4) is 0 Å². The average molecular weight is 234 g/mol. The van der Waals surface area contributed by atoms with Gasteiger partial charge in [0, 0.05) is 24.1 Å². The topological polar surface area (TPSA) is 45.0 Å². The molecule has 3 nitrogen and oxygen atoms in total. The van der Waals surface area contributed by atoms with Crippen LogP contribution in [-0.4, -0.2) is 19.8 Å². The monoisotopic (exact) mass is 234 g/mol. The van der Waals surface area contributed by atoms with Crippen molar-refractivity contribution in [1.29, 1.82) is 5.26 Å². The normalized spacial score (nSPS) is 17.2. The highest BCUT2D eigenvalue weighted by atomic mass is 19.1. The van der Waals surface area contributed by atoms with Gasteiger partial charge in [0.15, 0.2) is 0 Å². The first-order valence-electron chi connectivity index (χ1n) is 5.60. The second-order valence-corrected chi connectivity index (χ2v) is 4.83. The summed E-state index contributed by atoms with van der Waals surface area (Å²) in [7, 11) is 0. The maximum Gasteiger partial charge on any atom is 0.129 e. The minimum absolute atomic E-state index is 0.184. The van der Waals surface area contributed by atoms with Gasteiger partial charge in [-0.2, -0.15) is 5.26 Å². The lowest BCUT2D eigenvalue weighted by molar-refractivity contribution is -0.0991. The number of nitriles is 1. The molecule has 90 valence electrons. The third kappa shape index (κ3) is 2.82. The van der Waals surface area contributed by atoms with Crippen LogP contribution in [0.5, 0.6) is 0 Å². The SMILES string of the molecule is CC1(CNCc2ccc(C#N)cc2F)COC1. The predicted octanol–water partition coefficient (Wildman–Crippen LogP) is 1.82. The van der Waals surface area contributed by atoms with E-state index in [0.29, 0.717) is 17.7 Å². The second kappa shape index (κ2) is 4.82. The van der Waals surface area contributed by atoms with E-state index in [4.69, 9.17) is 10.00 Å². The Hall–Kier alpha value is -1.44. The van der Waals surface area contributed by atoms with Crippen LogP contribution in [0.15, 0.2) is 18.2 Å². The Bertz CT molecular complexity index is 449. The van der Waals surface area contributed by atoms with E-state index in [-0.39, 0.29) is 11.2 Å². The molecule has 0 saturated carbocycles. The summed E-state index contributed by atoms with van der Waals surface area (Å²) in [6, 6.07) is 6.47. The van der Waals surface area contributed by atoms with Gasteiger partial charge in [0.1, 0.15) is 5.82 Å². The minimum atomic E-state index is -0.327. The van der Waals surface area contributed by atoms with Crippen LogP contribution >= 0.6 is 0 Å². The molecule has 1 aromatic rings. The molecule has 0 amide bonds. The summed E-state index contributed by atoms with van der Waals surface area (Å²) in [5.74, 6) is -0.327. The zero-order valence-corrected chi connectivity index (χ0v) is 9.79. The number of nitrogens with one attached hydrogen (secondary N) is 1. The first kappa shape index (κ1) is 12.0. The number of benzene rings is 1. The van der Waals surface area contributed by atoms with E-state index in [2.05, 4.69) is 12.2 Å². The number of rotatable bonds is 4. The fraction of sp³-hybridized carbons (Fsp3) is 0.462. The van der Waals surface area contributed by atoms with Crippen molar-refractivity contribution >= 4 is 0 Å². The lowest BCUT2D eigenvalue weighted by atomic mass is 9.89. The summed E-state index contributed by atoms with van der Waals surface area (Å²) in [5, 5.41) is 11.8. The summed E-state index contributed by atoms with van der Waals surface area (Å²) in [6.45, 7) is 4.95. The zero-order valence-electron chi connectivity index (χ0n) is 9.79. The molecular formula is C13H15FN2O. The van der Waals surface area contributed by atoms with Crippen LogP contribution in [0.2, 0.25) is 0 Å². The van der Waals surface area contributed by atoms with Gasteiger partial charge in [-0.25, -0.2) is 4.39 Å². The maximum absolute atomic E-state index is 13.5. The van der Waals surface area contributed by atoms with Crippen molar-refractivity contribution in [2.75, 3.05) is 19.8 Å². The molecule has 0 aliphatic carbocycles. The van der Waals surface area contributed by atoms with E-state index in [0.717, 1.165) is 19.8 Å². The molecule has 0 atom stereocenters. The van der Waals surface area contributed by atoms with E-state index >= 15 is 0 Å². The van der Waals surface area contributed by atoms with Crippen LogP contribution in [-0.2, 0) is 11.3 Å². The van der Waals surface area contributed by atoms with Crippen molar-refractivity contribution in [2.24, 2.45) is 5.41 Å². The van der Waals surface area contributed by atoms with Gasteiger partial charge in [-0.3, -0.25) is 0 Å². The molecule has 4 heteroatoms. The molecule has 1 aliphatic rings. The van der Waals surface area contributed by atoms with Crippen LogP contribution in [0.4, 0.5) is 4.39 Å². The average Bonchev–Trinajstić information content (AvgIpc) is 2.29. The number of hydrogen-bond donors (Lipinski definition) is 1. The maximum atomic E-state index is 13.5. The van der Waals surface area contributed by atoms with E-state index < -0.39 is 0 Å². The Morgan fingerprint density at radius 2 is 2.29 bits per heavy atom. The summed E-state index contributed by atoms with van der Waals surface area (Å²) < 4.78 is 18.7. The van der Waals surface area contributed by atoms with E-state index in [1.807, 2.05) is 6.07 Å². The van der Waals surface area contributed by atoms with Gasteiger partial charge in [-0.1, -0.05) is 13.0 Å². The number of nitrogens with zero attached hydrogens (tertiary/aromatic N) is 1. The van der Waals surface area contributed by atoms with E-state index in [1.54, 1.807) is 12.1 Å². The van der Waals surface area contributed by atoms with E-state index in [9.17, 15) is 4.39 Å².